The third-order valence-electron chi connectivity index (χ3n) is 2.82. The minimum absolute atomic E-state index is 0.125. The molecular formula is C14H15FN2OS. The third-order valence-corrected chi connectivity index (χ3v) is 3.46. The summed E-state index contributed by atoms with van der Waals surface area (Å²) in [7, 11) is 0. The summed E-state index contributed by atoms with van der Waals surface area (Å²) in [6, 6.07) is 6.25. The van der Waals surface area contributed by atoms with Crippen molar-refractivity contribution >= 4 is 17.2 Å². The highest BCUT2D eigenvalue weighted by Gasteiger charge is 2.23. The van der Waals surface area contributed by atoms with Gasteiger partial charge in [0.25, 0.3) is 0 Å². The van der Waals surface area contributed by atoms with E-state index in [9.17, 15) is 9.18 Å². The molecule has 5 heteroatoms. The van der Waals surface area contributed by atoms with Crippen molar-refractivity contribution in [3.05, 3.63) is 52.2 Å². The van der Waals surface area contributed by atoms with E-state index in [1.54, 1.807) is 17.6 Å². The van der Waals surface area contributed by atoms with Crippen molar-refractivity contribution in [1.29, 1.82) is 0 Å². The average Bonchev–Trinajstić information content (AvgIpc) is 2.81. The summed E-state index contributed by atoms with van der Waals surface area (Å²) in [6.07, 6.45) is 0.238. The molecule has 0 aliphatic heterocycles. The van der Waals surface area contributed by atoms with Gasteiger partial charge in [-0.1, -0.05) is 12.1 Å². The number of benzene rings is 1. The maximum atomic E-state index is 13.2. The zero-order chi connectivity index (χ0) is 13.9. The van der Waals surface area contributed by atoms with Gasteiger partial charge in [-0.2, -0.15) is 0 Å². The van der Waals surface area contributed by atoms with Crippen LogP contribution in [0.5, 0.6) is 0 Å². The van der Waals surface area contributed by atoms with Crippen LogP contribution < -0.4 is 5.32 Å². The number of hydrogen-bond donors (Lipinski definition) is 1. The summed E-state index contributed by atoms with van der Waals surface area (Å²) >= 11 is 1.46. The minimum Gasteiger partial charge on any atom is -0.347 e. The second kappa shape index (κ2) is 5.48. The second-order valence-corrected chi connectivity index (χ2v) is 5.56. The van der Waals surface area contributed by atoms with Gasteiger partial charge in [-0.05, 0) is 31.5 Å². The molecule has 0 spiro atoms. The molecule has 0 radical (unpaired) electrons. The van der Waals surface area contributed by atoms with Crippen molar-refractivity contribution < 1.29 is 9.18 Å². The third kappa shape index (κ3) is 3.61. The van der Waals surface area contributed by atoms with Crippen LogP contribution in [0.25, 0.3) is 0 Å². The van der Waals surface area contributed by atoms with Gasteiger partial charge in [0.05, 0.1) is 23.2 Å². The fraction of sp³-hybridized carbons (Fsp3) is 0.286. The molecule has 0 aliphatic carbocycles. The fourth-order valence-corrected chi connectivity index (χ4v) is 2.39. The maximum absolute atomic E-state index is 13.2. The maximum Gasteiger partial charge on any atom is 0.226 e. The average molecular weight is 278 g/mol. The standard InChI is InChI=1S/C14H15FN2OS/c1-14(2,10-4-3-5-11(15)6-10)17-13(18)7-12-8-19-9-16-12/h3-6,8-9H,7H2,1-2H3,(H,17,18). The summed E-state index contributed by atoms with van der Waals surface area (Å²) in [6.45, 7) is 3.70. The van der Waals surface area contributed by atoms with Gasteiger partial charge < -0.3 is 5.32 Å². The molecule has 1 aromatic carbocycles. The lowest BCUT2D eigenvalue weighted by Crippen LogP contribution is -2.41. The number of hydrogen-bond acceptors (Lipinski definition) is 3. The van der Waals surface area contributed by atoms with Crippen LogP contribution >= 0.6 is 11.3 Å². The number of aromatic nitrogens is 1. The number of carbonyl (C=O) groups is 1. The second-order valence-electron chi connectivity index (χ2n) is 4.84. The SMILES string of the molecule is CC(C)(NC(=O)Cc1cscn1)c1cccc(F)c1. The van der Waals surface area contributed by atoms with Gasteiger partial charge in [-0.15, -0.1) is 11.3 Å². The van der Waals surface area contributed by atoms with Gasteiger partial charge in [0, 0.05) is 5.38 Å². The van der Waals surface area contributed by atoms with Crippen LogP contribution in [0.3, 0.4) is 0 Å². The van der Waals surface area contributed by atoms with E-state index in [0.717, 1.165) is 11.3 Å². The van der Waals surface area contributed by atoms with Crippen molar-refractivity contribution in [1.82, 2.24) is 10.3 Å². The Kier molecular flexibility index (Phi) is 3.95. The monoisotopic (exact) mass is 278 g/mol. The summed E-state index contributed by atoms with van der Waals surface area (Å²) < 4.78 is 13.2. The highest BCUT2D eigenvalue weighted by molar-refractivity contribution is 7.07. The number of nitrogens with zero attached hydrogens (tertiary/aromatic N) is 1. The minimum atomic E-state index is -0.616. The van der Waals surface area contributed by atoms with Crippen molar-refractivity contribution in [3.63, 3.8) is 0 Å². The van der Waals surface area contributed by atoms with Gasteiger partial charge >= 0.3 is 0 Å². The predicted octanol–water partition coefficient (Wildman–Crippen LogP) is 2.88. The van der Waals surface area contributed by atoms with Gasteiger partial charge in [0.2, 0.25) is 5.91 Å². The van der Waals surface area contributed by atoms with Crippen LogP contribution in [0.15, 0.2) is 35.2 Å². The van der Waals surface area contributed by atoms with Gasteiger partial charge in [-0.25, -0.2) is 9.37 Å². The summed E-state index contributed by atoms with van der Waals surface area (Å²) in [5.74, 6) is -0.431. The lowest BCUT2D eigenvalue weighted by Gasteiger charge is -2.27. The number of nitrogens with one attached hydrogen (secondary N) is 1. The van der Waals surface area contributed by atoms with Crippen molar-refractivity contribution in [2.45, 2.75) is 25.8 Å². The van der Waals surface area contributed by atoms with Crippen LogP contribution in [-0.4, -0.2) is 10.9 Å². The zero-order valence-corrected chi connectivity index (χ0v) is 11.6. The van der Waals surface area contributed by atoms with E-state index < -0.39 is 5.54 Å². The lowest BCUT2D eigenvalue weighted by molar-refractivity contribution is -0.122. The summed E-state index contributed by atoms with van der Waals surface area (Å²) in [4.78, 5) is 16.0. The van der Waals surface area contributed by atoms with Crippen molar-refractivity contribution in [2.75, 3.05) is 0 Å². The molecule has 0 saturated carbocycles. The number of rotatable bonds is 4. The Morgan fingerprint density at radius 1 is 1.47 bits per heavy atom. The van der Waals surface area contributed by atoms with E-state index >= 15 is 0 Å². The molecule has 100 valence electrons. The summed E-state index contributed by atoms with van der Waals surface area (Å²) in [5.41, 5.74) is 2.56. The molecule has 1 heterocycles. The van der Waals surface area contributed by atoms with Gasteiger partial charge in [-0.3, -0.25) is 4.79 Å². The van der Waals surface area contributed by atoms with Crippen molar-refractivity contribution in [3.8, 4) is 0 Å². The first-order chi connectivity index (χ1) is 8.97. The van der Waals surface area contributed by atoms with Gasteiger partial charge in [0.15, 0.2) is 0 Å². The van der Waals surface area contributed by atoms with Crippen LogP contribution in [-0.2, 0) is 16.8 Å². The van der Waals surface area contributed by atoms with Crippen molar-refractivity contribution in [2.24, 2.45) is 0 Å². The smallest absolute Gasteiger partial charge is 0.226 e. The molecule has 0 saturated heterocycles. The molecular weight excluding hydrogens is 263 g/mol. The Morgan fingerprint density at radius 2 is 2.26 bits per heavy atom. The molecule has 0 fully saturated rings. The fourth-order valence-electron chi connectivity index (χ4n) is 1.83. The van der Waals surface area contributed by atoms with E-state index in [2.05, 4.69) is 10.3 Å². The number of carbonyl (C=O) groups excluding carboxylic acids is 1. The first-order valence-corrected chi connectivity index (χ1v) is 6.86. The number of thiazole rings is 1. The highest BCUT2D eigenvalue weighted by atomic mass is 32.1. The van der Waals surface area contributed by atoms with Crippen LogP contribution in [0, 0.1) is 5.82 Å². The molecule has 1 amide bonds. The Labute approximate surface area is 115 Å². The van der Waals surface area contributed by atoms with Gasteiger partial charge in [0.1, 0.15) is 5.82 Å². The quantitative estimate of drug-likeness (QED) is 0.934. The molecule has 1 aromatic heterocycles. The molecule has 3 nitrogen and oxygen atoms in total. The van der Waals surface area contributed by atoms with E-state index in [0.29, 0.717) is 0 Å². The Morgan fingerprint density at radius 3 is 2.89 bits per heavy atom. The molecule has 19 heavy (non-hydrogen) atoms. The predicted molar refractivity (Wildman–Crippen MR) is 73.4 cm³/mol. The zero-order valence-electron chi connectivity index (χ0n) is 10.8. The van der Waals surface area contributed by atoms with E-state index in [4.69, 9.17) is 0 Å². The first kappa shape index (κ1) is 13.7. The topological polar surface area (TPSA) is 42.0 Å². The molecule has 2 aromatic rings. The Bertz CT molecular complexity index is 567. The van der Waals surface area contributed by atoms with Crippen LogP contribution in [0.2, 0.25) is 0 Å². The Hall–Kier alpha value is -1.75. The lowest BCUT2D eigenvalue weighted by atomic mass is 9.94. The van der Waals surface area contributed by atoms with Crippen LogP contribution in [0.4, 0.5) is 4.39 Å². The van der Waals surface area contributed by atoms with E-state index in [-0.39, 0.29) is 18.1 Å². The van der Waals surface area contributed by atoms with Crippen LogP contribution in [0.1, 0.15) is 25.1 Å². The molecule has 2 rings (SSSR count). The number of amides is 1. The van der Waals surface area contributed by atoms with E-state index in [1.807, 2.05) is 19.2 Å². The number of halogens is 1. The van der Waals surface area contributed by atoms with E-state index in [1.165, 1.54) is 23.5 Å². The molecule has 0 unspecified atom stereocenters. The largest absolute Gasteiger partial charge is 0.347 e. The first-order valence-electron chi connectivity index (χ1n) is 5.91. The highest BCUT2D eigenvalue weighted by Crippen LogP contribution is 2.20. The summed E-state index contributed by atoms with van der Waals surface area (Å²) in [5, 5.41) is 4.74. The normalized spacial score (nSPS) is 11.3. The Balaban J connectivity index is 2.06. The molecule has 0 atom stereocenters. The molecule has 1 N–H and O–H groups in total. The molecule has 0 aliphatic rings. The molecule has 0 bridgehead atoms.